The van der Waals surface area contributed by atoms with Gasteiger partial charge < -0.3 is 19.1 Å². The van der Waals surface area contributed by atoms with Gasteiger partial charge in [-0.05, 0) is 6.92 Å². The summed E-state index contributed by atoms with van der Waals surface area (Å²) in [7, 11) is 1.60. The third-order valence-corrected chi connectivity index (χ3v) is 4.59. The van der Waals surface area contributed by atoms with E-state index in [9.17, 15) is 0 Å². The van der Waals surface area contributed by atoms with Gasteiger partial charge in [0.05, 0.1) is 38.7 Å². The first-order chi connectivity index (χ1) is 12.2. The van der Waals surface area contributed by atoms with Crippen LogP contribution in [0.15, 0.2) is 24.8 Å². The molecule has 2 saturated heterocycles. The molecule has 0 aliphatic carbocycles. The largest absolute Gasteiger partial charge is 0.481 e. The number of anilines is 1. The van der Waals surface area contributed by atoms with Crippen LogP contribution in [0.1, 0.15) is 18.5 Å². The van der Waals surface area contributed by atoms with E-state index in [1.807, 2.05) is 13.0 Å². The highest BCUT2D eigenvalue weighted by molar-refractivity contribution is 5.46. The lowest BCUT2D eigenvalue weighted by Gasteiger charge is -2.53. The molecule has 0 saturated carbocycles. The maximum absolute atomic E-state index is 6.07. The lowest BCUT2D eigenvalue weighted by atomic mass is 9.84. The Balaban J connectivity index is 1.39. The highest BCUT2D eigenvalue weighted by Gasteiger charge is 2.48. The molecule has 0 N–H and O–H groups in total. The molecule has 2 aromatic rings. The number of ether oxygens (including phenoxy) is 3. The van der Waals surface area contributed by atoms with Crippen LogP contribution in [-0.4, -0.2) is 58.4 Å². The van der Waals surface area contributed by atoms with E-state index in [2.05, 4.69) is 24.8 Å². The highest BCUT2D eigenvalue weighted by atomic mass is 16.5. The Morgan fingerprint density at radius 1 is 1.24 bits per heavy atom. The van der Waals surface area contributed by atoms with Crippen molar-refractivity contribution in [1.82, 2.24) is 19.9 Å². The van der Waals surface area contributed by atoms with Gasteiger partial charge in [-0.25, -0.2) is 15.0 Å². The second-order valence-corrected chi connectivity index (χ2v) is 6.54. The molecule has 8 nitrogen and oxygen atoms in total. The van der Waals surface area contributed by atoms with Gasteiger partial charge >= 0.3 is 0 Å². The van der Waals surface area contributed by atoms with Crippen molar-refractivity contribution >= 4 is 5.82 Å². The third-order valence-electron chi connectivity index (χ3n) is 4.59. The van der Waals surface area contributed by atoms with E-state index < -0.39 is 0 Å². The summed E-state index contributed by atoms with van der Waals surface area (Å²) in [5.74, 6) is 2.00. The third kappa shape index (κ3) is 3.34. The molecular weight excluding hydrogens is 322 g/mol. The molecule has 0 bridgehead atoms. The molecule has 1 spiro atoms. The fourth-order valence-corrected chi connectivity index (χ4v) is 3.40. The van der Waals surface area contributed by atoms with Gasteiger partial charge in [0.15, 0.2) is 0 Å². The molecule has 2 aromatic heterocycles. The van der Waals surface area contributed by atoms with Gasteiger partial charge in [-0.1, -0.05) is 0 Å². The molecule has 0 amide bonds. The topological polar surface area (TPSA) is 82.5 Å². The molecule has 8 heteroatoms. The fraction of sp³-hybridized carbons (Fsp3) is 0.529. The lowest BCUT2D eigenvalue weighted by molar-refractivity contribution is -0.126. The molecule has 4 rings (SSSR count). The highest BCUT2D eigenvalue weighted by Crippen LogP contribution is 2.37. The number of hydrogen-bond acceptors (Lipinski definition) is 8. The fourth-order valence-electron chi connectivity index (χ4n) is 3.40. The molecule has 2 aliphatic heterocycles. The first-order valence-corrected chi connectivity index (χ1v) is 8.36. The standard InChI is InChI=1S/C17H21N5O3/c1-12-7-18-8-16(21-12)25-13-3-4-24-17(6-13)9-22(10-17)14-5-15(23-2)20-11-19-14/h5,7-8,11,13H,3-4,6,9-10H2,1-2H3. The van der Waals surface area contributed by atoms with Crippen LogP contribution < -0.4 is 14.4 Å². The van der Waals surface area contributed by atoms with Gasteiger partial charge in [0.2, 0.25) is 11.8 Å². The summed E-state index contributed by atoms with van der Waals surface area (Å²) in [5, 5.41) is 0. The molecular formula is C17H21N5O3. The van der Waals surface area contributed by atoms with E-state index in [1.54, 1.807) is 19.5 Å². The van der Waals surface area contributed by atoms with Gasteiger partial charge in [-0.15, -0.1) is 0 Å². The average Bonchev–Trinajstić information content (AvgIpc) is 2.60. The van der Waals surface area contributed by atoms with Gasteiger partial charge in [-0.2, -0.15) is 0 Å². The zero-order valence-corrected chi connectivity index (χ0v) is 14.4. The Labute approximate surface area is 146 Å². The Morgan fingerprint density at radius 3 is 2.92 bits per heavy atom. The number of methoxy groups -OCH3 is 1. The van der Waals surface area contributed by atoms with E-state index in [-0.39, 0.29) is 11.7 Å². The second-order valence-electron chi connectivity index (χ2n) is 6.54. The minimum absolute atomic E-state index is 0.0898. The first kappa shape index (κ1) is 16.0. The normalized spacial score (nSPS) is 21.7. The molecule has 0 aromatic carbocycles. The Hall–Kier alpha value is -2.48. The van der Waals surface area contributed by atoms with Crippen molar-refractivity contribution in [3.05, 3.63) is 30.5 Å². The van der Waals surface area contributed by atoms with E-state index in [0.29, 0.717) is 18.4 Å². The Morgan fingerprint density at radius 2 is 2.12 bits per heavy atom. The predicted molar refractivity (Wildman–Crippen MR) is 89.9 cm³/mol. The molecule has 2 fully saturated rings. The van der Waals surface area contributed by atoms with Crippen molar-refractivity contribution < 1.29 is 14.2 Å². The van der Waals surface area contributed by atoms with Gasteiger partial charge in [0, 0.05) is 25.1 Å². The van der Waals surface area contributed by atoms with Crippen LogP contribution in [0, 0.1) is 6.92 Å². The van der Waals surface area contributed by atoms with Crippen molar-refractivity contribution in [3.63, 3.8) is 0 Å². The van der Waals surface area contributed by atoms with E-state index in [0.717, 1.165) is 37.4 Å². The Bertz CT molecular complexity index is 751. The number of rotatable bonds is 4. The van der Waals surface area contributed by atoms with Crippen molar-refractivity contribution in [2.24, 2.45) is 0 Å². The molecule has 4 heterocycles. The summed E-state index contributed by atoms with van der Waals surface area (Å²) in [5.41, 5.74) is 0.671. The summed E-state index contributed by atoms with van der Waals surface area (Å²) < 4.78 is 17.3. The monoisotopic (exact) mass is 343 g/mol. The van der Waals surface area contributed by atoms with Crippen molar-refractivity contribution in [3.8, 4) is 11.8 Å². The van der Waals surface area contributed by atoms with Gasteiger partial charge in [0.25, 0.3) is 0 Å². The number of hydrogen-bond donors (Lipinski definition) is 0. The second kappa shape index (κ2) is 6.44. The van der Waals surface area contributed by atoms with Crippen LogP contribution in [0.25, 0.3) is 0 Å². The Kier molecular flexibility index (Phi) is 4.12. The molecule has 1 unspecified atom stereocenters. The number of aromatic nitrogens is 4. The van der Waals surface area contributed by atoms with Crippen molar-refractivity contribution in [1.29, 1.82) is 0 Å². The summed E-state index contributed by atoms with van der Waals surface area (Å²) in [4.78, 5) is 19.0. The van der Waals surface area contributed by atoms with Crippen LogP contribution in [-0.2, 0) is 4.74 Å². The molecule has 25 heavy (non-hydrogen) atoms. The maximum Gasteiger partial charge on any atom is 0.232 e. The summed E-state index contributed by atoms with van der Waals surface area (Å²) in [6.07, 6.45) is 6.68. The molecule has 2 aliphatic rings. The molecule has 132 valence electrons. The predicted octanol–water partition coefficient (Wildman–Crippen LogP) is 1.40. The number of nitrogens with zero attached hydrogens (tertiary/aromatic N) is 5. The minimum atomic E-state index is -0.182. The SMILES string of the molecule is COc1cc(N2CC3(CC(Oc4cncc(C)n4)CCO3)C2)ncn1. The van der Waals surface area contributed by atoms with Gasteiger partial charge in [0.1, 0.15) is 23.9 Å². The quantitative estimate of drug-likeness (QED) is 0.824. The smallest absolute Gasteiger partial charge is 0.232 e. The average molecular weight is 343 g/mol. The first-order valence-electron chi connectivity index (χ1n) is 8.36. The zero-order chi connectivity index (χ0) is 17.3. The molecule has 1 atom stereocenters. The van der Waals surface area contributed by atoms with Crippen LogP contribution in [0.3, 0.4) is 0 Å². The van der Waals surface area contributed by atoms with E-state index in [4.69, 9.17) is 14.2 Å². The zero-order valence-electron chi connectivity index (χ0n) is 14.4. The van der Waals surface area contributed by atoms with Crippen LogP contribution in [0.2, 0.25) is 0 Å². The van der Waals surface area contributed by atoms with Crippen molar-refractivity contribution in [2.45, 2.75) is 31.5 Å². The van der Waals surface area contributed by atoms with Crippen molar-refractivity contribution in [2.75, 3.05) is 31.7 Å². The van der Waals surface area contributed by atoms with Crippen LogP contribution in [0.5, 0.6) is 11.8 Å². The van der Waals surface area contributed by atoms with E-state index >= 15 is 0 Å². The maximum atomic E-state index is 6.07. The van der Waals surface area contributed by atoms with Crippen LogP contribution >= 0.6 is 0 Å². The van der Waals surface area contributed by atoms with Crippen LogP contribution in [0.4, 0.5) is 5.82 Å². The summed E-state index contributed by atoms with van der Waals surface area (Å²) in [6, 6.07) is 1.84. The van der Waals surface area contributed by atoms with E-state index in [1.165, 1.54) is 6.33 Å². The minimum Gasteiger partial charge on any atom is -0.481 e. The lowest BCUT2D eigenvalue weighted by Crippen LogP contribution is -2.66. The molecule has 0 radical (unpaired) electrons. The summed E-state index contributed by atoms with van der Waals surface area (Å²) >= 11 is 0. The summed E-state index contributed by atoms with van der Waals surface area (Å²) in [6.45, 7) is 4.16. The number of aryl methyl sites for hydroxylation is 1. The van der Waals surface area contributed by atoms with Gasteiger partial charge in [-0.3, -0.25) is 4.98 Å².